The first-order valence-electron chi connectivity index (χ1n) is 8.04. The van der Waals surface area contributed by atoms with E-state index in [1.165, 1.54) is 35.4 Å². The third-order valence-corrected chi connectivity index (χ3v) is 4.31. The van der Waals surface area contributed by atoms with E-state index in [0.717, 1.165) is 23.6 Å². The second-order valence-corrected chi connectivity index (χ2v) is 6.04. The van der Waals surface area contributed by atoms with E-state index in [1.54, 1.807) is 0 Å². The first-order valence-corrected chi connectivity index (χ1v) is 8.04. The van der Waals surface area contributed by atoms with Gasteiger partial charge in [-0.3, -0.25) is 4.79 Å². The molecule has 0 spiro atoms. The lowest BCUT2D eigenvalue weighted by Gasteiger charge is -2.33. The fourth-order valence-electron chi connectivity index (χ4n) is 2.97. The smallest absolute Gasteiger partial charge is 0.435 e. The molecular formula is C17H16F3N3O3. The van der Waals surface area contributed by atoms with E-state index in [4.69, 9.17) is 0 Å². The van der Waals surface area contributed by atoms with Crippen LogP contribution in [-0.4, -0.2) is 44.3 Å². The largest absolute Gasteiger partial charge is 0.480 e. The van der Waals surface area contributed by atoms with Gasteiger partial charge in [-0.15, -0.1) is 0 Å². The minimum absolute atomic E-state index is 0.283. The fraction of sp³-hybridized carbons (Fsp3) is 0.353. The molecule has 1 aromatic carbocycles. The summed E-state index contributed by atoms with van der Waals surface area (Å²) in [5.41, 5.74) is -0.356. The Labute approximate surface area is 146 Å². The molecule has 1 atom stereocenters. The number of carboxylic acids is 1. The van der Waals surface area contributed by atoms with E-state index < -0.39 is 29.8 Å². The van der Waals surface area contributed by atoms with E-state index in [-0.39, 0.29) is 5.56 Å². The Balaban J connectivity index is 1.79. The summed E-state index contributed by atoms with van der Waals surface area (Å²) in [6, 6.07) is 5.88. The van der Waals surface area contributed by atoms with Crippen molar-refractivity contribution in [2.45, 2.75) is 31.5 Å². The maximum Gasteiger partial charge on any atom is 0.435 e. The quantitative estimate of drug-likeness (QED) is 0.905. The number of carbonyl (C=O) groups is 2. The van der Waals surface area contributed by atoms with Gasteiger partial charge in [-0.1, -0.05) is 0 Å². The lowest BCUT2D eigenvalue weighted by molar-refractivity contribution is -0.143. The molecule has 26 heavy (non-hydrogen) atoms. The second-order valence-electron chi connectivity index (χ2n) is 6.04. The van der Waals surface area contributed by atoms with Crippen molar-refractivity contribution in [3.8, 4) is 5.69 Å². The Bertz CT molecular complexity index is 815. The molecule has 0 radical (unpaired) electrons. The van der Waals surface area contributed by atoms with Gasteiger partial charge in [0.2, 0.25) is 0 Å². The van der Waals surface area contributed by atoms with E-state index in [1.807, 2.05) is 0 Å². The first kappa shape index (κ1) is 18.0. The highest BCUT2D eigenvalue weighted by atomic mass is 19.4. The molecule has 6 nitrogen and oxygen atoms in total. The van der Waals surface area contributed by atoms with E-state index in [0.29, 0.717) is 18.7 Å². The van der Waals surface area contributed by atoms with Crippen LogP contribution in [0.4, 0.5) is 13.2 Å². The standard InChI is InChI=1S/C17H16F3N3O3/c18-17(19,20)14-8-10-23(21-14)12-6-4-11(5-7-12)15(24)22-9-2-1-3-13(22)16(25)26/h4-8,10,13H,1-3,9H2,(H,25,26)/t13-/m0/s1. The number of alkyl halides is 3. The molecule has 138 valence electrons. The molecule has 1 aromatic heterocycles. The Kier molecular flexibility index (Phi) is 4.71. The summed E-state index contributed by atoms with van der Waals surface area (Å²) in [7, 11) is 0. The topological polar surface area (TPSA) is 75.4 Å². The number of piperidine rings is 1. The number of hydrogen-bond acceptors (Lipinski definition) is 3. The van der Waals surface area contributed by atoms with Crippen LogP contribution >= 0.6 is 0 Å². The lowest BCUT2D eigenvalue weighted by atomic mass is 10.0. The van der Waals surface area contributed by atoms with E-state index in [2.05, 4.69) is 5.10 Å². The van der Waals surface area contributed by atoms with Crippen LogP contribution in [-0.2, 0) is 11.0 Å². The number of aromatic nitrogens is 2. The zero-order valence-corrected chi connectivity index (χ0v) is 13.6. The van der Waals surface area contributed by atoms with Crippen LogP contribution in [0.25, 0.3) is 5.69 Å². The van der Waals surface area contributed by atoms with Crippen LogP contribution in [0.2, 0.25) is 0 Å². The number of likely N-dealkylation sites (tertiary alicyclic amines) is 1. The number of nitrogens with zero attached hydrogens (tertiary/aromatic N) is 3. The average molecular weight is 367 g/mol. The zero-order chi connectivity index (χ0) is 18.9. The molecule has 1 saturated heterocycles. The Morgan fingerprint density at radius 2 is 1.81 bits per heavy atom. The number of carbonyl (C=O) groups excluding carboxylic acids is 1. The van der Waals surface area contributed by atoms with Crippen molar-refractivity contribution < 1.29 is 27.9 Å². The zero-order valence-electron chi connectivity index (χ0n) is 13.6. The summed E-state index contributed by atoms with van der Waals surface area (Å²) < 4.78 is 38.9. The summed E-state index contributed by atoms with van der Waals surface area (Å²) in [4.78, 5) is 25.2. The number of rotatable bonds is 3. The predicted molar refractivity (Wildman–Crippen MR) is 84.9 cm³/mol. The second kappa shape index (κ2) is 6.81. The molecule has 0 aliphatic carbocycles. The highest BCUT2D eigenvalue weighted by Gasteiger charge is 2.34. The molecule has 3 rings (SSSR count). The molecule has 2 aromatic rings. The molecule has 0 saturated carbocycles. The summed E-state index contributed by atoms with van der Waals surface area (Å²) in [5.74, 6) is -1.44. The van der Waals surface area contributed by atoms with Gasteiger partial charge in [0, 0.05) is 18.3 Å². The number of halogens is 3. The van der Waals surface area contributed by atoms with Gasteiger partial charge in [-0.25, -0.2) is 9.48 Å². The highest BCUT2D eigenvalue weighted by Crippen LogP contribution is 2.28. The number of carboxylic acid groups (broad SMARTS) is 1. The van der Waals surface area contributed by atoms with Gasteiger partial charge in [0.25, 0.3) is 5.91 Å². The minimum Gasteiger partial charge on any atom is -0.480 e. The van der Waals surface area contributed by atoms with Crippen molar-refractivity contribution in [3.05, 3.63) is 47.8 Å². The van der Waals surface area contributed by atoms with Crippen LogP contribution in [0.5, 0.6) is 0 Å². The monoisotopic (exact) mass is 367 g/mol. The van der Waals surface area contributed by atoms with Crippen LogP contribution in [0.1, 0.15) is 35.3 Å². The Hall–Kier alpha value is -2.84. The van der Waals surface area contributed by atoms with Crippen molar-refractivity contribution in [2.75, 3.05) is 6.54 Å². The Morgan fingerprint density at radius 3 is 2.38 bits per heavy atom. The molecule has 9 heteroatoms. The maximum absolute atomic E-state index is 12.6. The lowest BCUT2D eigenvalue weighted by Crippen LogP contribution is -2.47. The van der Waals surface area contributed by atoms with Gasteiger partial charge in [0.1, 0.15) is 6.04 Å². The maximum atomic E-state index is 12.6. The van der Waals surface area contributed by atoms with Gasteiger partial charge >= 0.3 is 12.1 Å². The van der Waals surface area contributed by atoms with Gasteiger partial charge in [-0.2, -0.15) is 18.3 Å². The SMILES string of the molecule is O=C(O)[C@@H]1CCCCN1C(=O)c1ccc(-n2ccc(C(F)(F)F)n2)cc1. The number of hydrogen-bond donors (Lipinski definition) is 1. The molecule has 1 N–H and O–H groups in total. The van der Waals surface area contributed by atoms with Crippen LogP contribution < -0.4 is 0 Å². The number of aliphatic carboxylic acids is 1. The summed E-state index contributed by atoms with van der Waals surface area (Å²) in [6.07, 6.45) is -1.44. The number of benzene rings is 1. The molecular weight excluding hydrogens is 351 g/mol. The predicted octanol–water partition coefficient (Wildman–Crippen LogP) is 2.97. The van der Waals surface area contributed by atoms with E-state index >= 15 is 0 Å². The average Bonchev–Trinajstić information content (AvgIpc) is 3.12. The number of amides is 1. The van der Waals surface area contributed by atoms with Gasteiger partial charge in [0.15, 0.2) is 5.69 Å². The van der Waals surface area contributed by atoms with Crippen LogP contribution in [0.3, 0.4) is 0 Å². The Morgan fingerprint density at radius 1 is 1.12 bits per heavy atom. The summed E-state index contributed by atoms with van der Waals surface area (Å²) in [5, 5.41) is 12.7. The van der Waals surface area contributed by atoms with Crippen molar-refractivity contribution in [1.82, 2.24) is 14.7 Å². The van der Waals surface area contributed by atoms with Crippen LogP contribution in [0, 0.1) is 0 Å². The van der Waals surface area contributed by atoms with Crippen LogP contribution in [0.15, 0.2) is 36.5 Å². The fourth-order valence-corrected chi connectivity index (χ4v) is 2.97. The molecule has 2 heterocycles. The first-order chi connectivity index (χ1) is 12.3. The van der Waals surface area contributed by atoms with Gasteiger partial charge in [0.05, 0.1) is 5.69 Å². The summed E-state index contributed by atoms with van der Waals surface area (Å²) in [6.45, 7) is 0.367. The van der Waals surface area contributed by atoms with Crippen molar-refractivity contribution in [1.29, 1.82) is 0 Å². The van der Waals surface area contributed by atoms with Crippen molar-refractivity contribution >= 4 is 11.9 Å². The van der Waals surface area contributed by atoms with Crippen molar-refractivity contribution in [3.63, 3.8) is 0 Å². The van der Waals surface area contributed by atoms with Gasteiger partial charge in [-0.05, 0) is 49.6 Å². The van der Waals surface area contributed by atoms with Gasteiger partial charge < -0.3 is 10.0 Å². The molecule has 0 bridgehead atoms. The molecule has 1 aliphatic rings. The molecule has 1 fully saturated rings. The third-order valence-electron chi connectivity index (χ3n) is 4.31. The summed E-state index contributed by atoms with van der Waals surface area (Å²) >= 11 is 0. The minimum atomic E-state index is -4.53. The molecule has 0 unspecified atom stereocenters. The van der Waals surface area contributed by atoms with Crippen molar-refractivity contribution in [2.24, 2.45) is 0 Å². The highest BCUT2D eigenvalue weighted by molar-refractivity contribution is 5.96. The third kappa shape index (κ3) is 3.56. The molecule has 1 amide bonds. The molecule has 1 aliphatic heterocycles. The normalized spacial score (nSPS) is 18.0. The van der Waals surface area contributed by atoms with E-state index in [9.17, 15) is 27.9 Å².